The molecule has 0 unspecified atom stereocenters. The van der Waals surface area contributed by atoms with Crippen LogP contribution in [-0.4, -0.2) is 66.1 Å². The molecule has 1 aromatic carbocycles. The number of carbonyl (C=O) groups is 1. The van der Waals surface area contributed by atoms with E-state index in [1.807, 2.05) is 13.0 Å². The number of rotatable bonds is 5. The summed E-state index contributed by atoms with van der Waals surface area (Å²) >= 11 is 3.44. The quantitative estimate of drug-likeness (QED) is 0.474. The molecule has 4 heterocycles. The molecule has 1 aromatic heterocycles. The molecule has 1 spiro atoms. The molecule has 214 valence electrons. The number of benzene rings is 1. The fourth-order valence-corrected chi connectivity index (χ4v) is 6.44. The topological polar surface area (TPSA) is 70.1 Å². The minimum atomic E-state index is -4.54. The second-order valence-corrected chi connectivity index (χ2v) is 12.0. The third kappa shape index (κ3) is 5.25. The van der Waals surface area contributed by atoms with Crippen molar-refractivity contribution in [3.63, 3.8) is 0 Å². The molecular weight excluding hydrogens is 594 g/mol. The molecule has 3 fully saturated rings. The summed E-state index contributed by atoms with van der Waals surface area (Å²) in [6.07, 6.45) is -2.24. The monoisotopic (exact) mass is 623 g/mol. The van der Waals surface area contributed by atoms with Gasteiger partial charge >= 0.3 is 6.18 Å². The molecule has 7 nitrogen and oxygen atoms in total. The highest BCUT2D eigenvalue weighted by molar-refractivity contribution is 9.10. The number of morpholine rings is 1. The van der Waals surface area contributed by atoms with Crippen LogP contribution < -0.4 is 10.2 Å². The first kappa shape index (κ1) is 27.6. The van der Waals surface area contributed by atoms with Crippen molar-refractivity contribution < 1.29 is 27.1 Å². The zero-order valence-corrected chi connectivity index (χ0v) is 23.6. The third-order valence-electron chi connectivity index (χ3n) is 8.28. The van der Waals surface area contributed by atoms with Crippen LogP contribution in [0.15, 0.2) is 33.7 Å². The Hall–Kier alpha value is -2.57. The number of aliphatic imine (C=N–C) groups is 1. The lowest BCUT2D eigenvalue weighted by Crippen LogP contribution is -2.53. The number of pyridine rings is 1. The van der Waals surface area contributed by atoms with Crippen molar-refractivity contribution in [1.82, 2.24) is 15.2 Å². The largest absolute Gasteiger partial charge is 0.433 e. The highest BCUT2D eigenvalue weighted by Crippen LogP contribution is 2.44. The van der Waals surface area contributed by atoms with Crippen LogP contribution in [0.5, 0.6) is 0 Å². The molecular formula is C28H30BrF4N5O2. The number of hydrogen-bond acceptors (Lipinski definition) is 6. The fourth-order valence-electron chi connectivity index (χ4n) is 6.02. The molecule has 2 saturated heterocycles. The predicted octanol–water partition coefficient (Wildman–Crippen LogP) is 5.02. The molecule has 2 atom stereocenters. The summed E-state index contributed by atoms with van der Waals surface area (Å²) in [6, 6.07) is 5.58. The van der Waals surface area contributed by atoms with E-state index in [0.717, 1.165) is 37.7 Å². The van der Waals surface area contributed by atoms with Gasteiger partial charge in [-0.2, -0.15) is 13.2 Å². The average molecular weight is 624 g/mol. The molecule has 1 saturated carbocycles. The highest BCUT2D eigenvalue weighted by Gasteiger charge is 2.49. The van der Waals surface area contributed by atoms with Crippen LogP contribution in [-0.2, 0) is 22.3 Å². The molecule has 3 aliphatic heterocycles. The van der Waals surface area contributed by atoms with Crippen LogP contribution in [0, 0.1) is 5.82 Å². The van der Waals surface area contributed by atoms with E-state index in [-0.39, 0.29) is 29.5 Å². The van der Waals surface area contributed by atoms with Crippen molar-refractivity contribution in [1.29, 1.82) is 0 Å². The van der Waals surface area contributed by atoms with Gasteiger partial charge in [-0.15, -0.1) is 0 Å². The lowest BCUT2D eigenvalue weighted by molar-refractivity contribution is -0.141. The second kappa shape index (κ2) is 10.4. The number of hydrogen-bond donors (Lipinski definition) is 1. The van der Waals surface area contributed by atoms with Gasteiger partial charge in [-0.05, 0) is 50.5 Å². The van der Waals surface area contributed by atoms with Gasteiger partial charge in [-0.25, -0.2) is 9.37 Å². The standard InChI is InChI=1S/C28H30BrF4N5O2/c1-16-14-27(6-7-38(16)22-13-18(29)12-21(30)20(22)15-37-8-10-40-11-9-37)26(39)35-25(36-27)19-4-5-23(28(31,32)33)34-24(19)17-2-3-17/h4-5,12-13,16-17H,2-3,6-11,14-15H2,1H3,(H,35,36,39)/t16-,27+/m0/s1. The molecule has 6 rings (SSSR count). The number of aromatic nitrogens is 1. The first-order valence-electron chi connectivity index (χ1n) is 13.6. The number of anilines is 1. The Morgan fingerprint density at radius 2 is 1.93 bits per heavy atom. The van der Waals surface area contributed by atoms with Crippen molar-refractivity contribution in [2.24, 2.45) is 4.99 Å². The molecule has 1 N–H and O–H groups in total. The summed E-state index contributed by atoms with van der Waals surface area (Å²) in [4.78, 5) is 26.4. The summed E-state index contributed by atoms with van der Waals surface area (Å²) in [6.45, 7) is 5.61. The number of alkyl halides is 3. The minimum Gasteiger partial charge on any atom is -0.379 e. The van der Waals surface area contributed by atoms with Crippen molar-refractivity contribution in [2.75, 3.05) is 37.7 Å². The van der Waals surface area contributed by atoms with Crippen molar-refractivity contribution in [2.45, 2.75) is 62.8 Å². The van der Waals surface area contributed by atoms with E-state index < -0.39 is 17.4 Å². The van der Waals surface area contributed by atoms with E-state index in [4.69, 9.17) is 9.73 Å². The Morgan fingerprint density at radius 3 is 2.60 bits per heavy atom. The summed E-state index contributed by atoms with van der Waals surface area (Å²) < 4.78 is 61.4. The number of ether oxygens (including phenoxy) is 1. The SMILES string of the molecule is C[C@H]1C[C@@]2(CCN1c1cc(Br)cc(F)c1CN1CCOCC1)N=C(c1ccc(C(F)(F)F)nc1C1CC1)NC2=O. The van der Waals surface area contributed by atoms with Gasteiger partial charge in [0.2, 0.25) is 0 Å². The predicted molar refractivity (Wildman–Crippen MR) is 145 cm³/mol. The number of nitrogens with one attached hydrogen (secondary N) is 1. The van der Waals surface area contributed by atoms with Gasteiger partial charge in [-0.1, -0.05) is 15.9 Å². The van der Waals surface area contributed by atoms with Crippen molar-refractivity contribution in [3.05, 3.63) is 57.1 Å². The Bertz CT molecular complexity index is 1360. The number of halogens is 5. The Kier molecular flexibility index (Phi) is 7.15. The molecule has 0 radical (unpaired) electrons. The van der Waals surface area contributed by atoms with E-state index in [1.165, 1.54) is 12.1 Å². The number of nitrogens with zero attached hydrogens (tertiary/aromatic N) is 4. The lowest BCUT2D eigenvalue weighted by Gasteiger charge is -2.43. The van der Waals surface area contributed by atoms with Gasteiger partial charge in [0.1, 0.15) is 22.9 Å². The van der Waals surface area contributed by atoms with Crippen LogP contribution in [0.4, 0.5) is 23.2 Å². The van der Waals surface area contributed by atoms with Crippen molar-refractivity contribution >= 4 is 33.4 Å². The van der Waals surface area contributed by atoms with Gasteiger partial charge in [0, 0.05) is 65.8 Å². The summed E-state index contributed by atoms with van der Waals surface area (Å²) in [5.74, 6) is -0.324. The van der Waals surface area contributed by atoms with Gasteiger partial charge < -0.3 is 15.0 Å². The first-order chi connectivity index (χ1) is 19.0. The molecule has 4 aliphatic rings. The fraction of sp³-hybridized carbons (Fsp3) is 0.536. The summed E-state index contributed by atoms with van der Waals surface area (Å²) in [5, 5.41) is 2.86. The molecule has 1 aliphatic carbocycles. The minimum absolute atomic E-state index is 0.0643. The zero-order valence-electron chi connectivity index (χ0n) is 22.0. The van der Waals surface area contributed by atoms with Gasteiger partial charge in [0.15, 0.2) is 0 Å². The maximum Gasteiger partial charge on any atom is 0.433 e. The molecule has 12 heteroatoms. The lowest BCUT2D eigenvalue weighted by atomic mass is 9.83. The number of piperidine rings is 1. The van der Waals surface area contributed by atoms with E-state index >= 15 is 4.39 Å². The van der Waals surface area contributed by atoms with Crippen molar-refractivity contribution in [3.8, 4) is 0 Å². The van der Waals surface area contributed by atoms with E-state index in [9.17, 15) is 18.0 Å². The van der Waals surface area contributed by atoms with Crippen LogP contribution in [0.1, 0.15) is 61.0 Å². The summed E-state index contributed by atoms with van der Waals surface area (Å²) in [5.41, 5.74) is 0.216. The van der Waals surface area contributed by atoms with Gasteiger partial charge in [0.25, 0.3) is 5.91 Å². The molecule has 2 aromatic rings. The second-order valence-electron chi connectivity index (χ2n) is 11.1. The zero-order chi connectivity index (χ0) is 28.2. The molecule has 0 bridgehead atoms. The Balaban J connectivity index is 1.27. The van der Waals surface area contributed by atoms with E-state index in [2.05, 4.69) is 36.0 Å². The van der Waals surface area contributed by atoms with Gasteiger partial charge in [-0.3, -0.25) is 14.7 Å². The van der Waals surface area contributed by atoms with Crippen LogP contribution in [0.3, 0.4) is 0 Å². The van der Waals surface area contributed by atoms with Crippen LogP contribution in [0.25, 0.3) is 0 Å². The van der Waals surface area contributed by atoms with Gasteiger partial charge in [0.05, 0.1) is 18.9 Å². The normalized spacial score (nSPS) is 25.9. The molecule has 40 heavy (non-hydrogen) atoms. The average Bonchev–Trinajstić information content (AvgIpc) is 3.71. The maximum absolute atomic E-state index is 15.3. The van der Waals surface area contributed by atoms with E-state index in [0.29, 0.717) is 60.4 Å². The van der Waals surface area contributed by atoms with E-state index in [1.54, 1.807) is 0 Å². The molecule has 1 amide bonds. The number of carbonyl (C=O) groups excluding carboxylic acids is 1. The first-order valence-corrected chi connectivity index (χ1v) is 14.4. The smallest absolute Gasteiger partial charge is 0.379 e. The number of amides is 1. The highest BCUT2D eigenvalue weighted by atomic mass is 79.9. The Labute approximate surface area is 238 Å². The number of amidine groups is 1. The van der Waals surface area contributed by atoms with Crippen LogP contribution >= 0.6 is 15.9 Å². The third-order valence-corrected chi connectivity index (χ3v) is 8.74. The Morgan fingerprint density at radius 1 is 1.18 bits per heavy atom. The maximum atomic E-state index is 15.3. The summed E-state index contributed by atoms with van der Waals surface area (Å²) in [7, 11) is 0. The van der Waals surface area contributed by atoms with Crippen LogP contribution in [0.2, 0.25) is 0 Å².